The number of ether oxygens (including phenoxy) is 2. The van der Waals surface area contributed by atoms with Crippen LogP contribution in [0.5, 0.6) is 0 Å². The van der Waals surface area contributed by atoms with Crippen molar-refractivity contribution in [1.82, 2.24) is 4.98 Å². The summed E-state index contributed by atoms with van der Waals surface area (Å²) in [7, 11) is 0. The van der Waals surface area contributed by atoms with Crippen LogP contribution in [0.4, 0.5) is 5.13 Å². The Morgan fingerprint density at radius 1 is 1.20 bits per heavy atom. The summed E-state index contributed by atoms with van der Waals surface area (Å²) < 4.78 is 9.95. The number of oxime groups is 1. The van der Waals surface area contributed by atoms with Gasteiger partial charge in [0.2, 0.25) is 5.71 Å². The van der Waals surface area contributed by atoms with Gasteiger partial charge in [-0.05, 0) is 19.1 Å². The fourth-order valence-corrected chi connectivity index (χ4v) is 2.27. The van der Waals surface area contributed by atoms with Crippen molar-refractivity contribution in [3.63, 3.8) is 0 Å². The molecule has 0 aliphatic heterocycles. The van der Waals surface area contributed by atoms with E-state index in [0.717, 1.165) is 0 Å². The molecule has 1 aromatic carbocycles. The fraction of sp³-hybridized carbons (Fsp3) is 0.250. The third kappa shape index (κ3) is 5.57. The lowest BCUT2D eigenvalue weighted by atomic mass is 10.2. The van der Waals surface area contributed by atoms with E-state index in [1.54, 1.807) is 42.6 Å². The number of anilines is 1. The van der Waals surface area contributed by atoms with Gasteiger partial charge in [-0.15, -0.1) is 11.3 Å². The summed E-state index contributed by atoms with van der Waals surface area (Å²) in [5.74, 6) is -1.14. The molecule has 1 aromatic heterocycles. The Morgan fingerprint density at radius 3 is 2.60 bits per heavy atom. The topological polar surface area (TPSA) is 113 Å². The predicted octanol–water partition coefficient (Wildman–Crippen LogP) is 1.87. The molecule has 132 valence electrons. The zero-order chi connectivity index (χ0) is 18.1. The van der Waals surface area contributed by atoms with E-state index in [0.29, 0.717) is 10.7 Å². The van der Waals surface area contributed by atoms with E-state index in [-0.39, 0.29) is 31.2 Å². The molecule has 0 atom stereocenters. The zero-order valence-corrected chi connectivity index (χ0v) is 14.3. The van der Waals surface area contributed by atoms with Crippen LogP contribution in [0.25, 0.3) is 0 Å². The molecular formula is C16H17N3O5S. The molecule has 0 radical (unpaired) electrons. The number of nitrogens with zero attached hydrogens (tertiary/aromatic N) is 2. The molecule has 0 aliphatic carbocycles. The Bertz CT molecular complexity index is 745. The molecule has 0 saturated carbocycles. The third-order valence-electron chi connectivity index (χ3n) is 2.81. The van der Waals surface area contributed by atoms with Gasteiger partial charge in [-0.25, -0.2) is 14.6 Å². The number of hydrogen-bond donors (Lipinski definition) is 1. The first-order valence-corrected chi connectivity index (χ1v) is 8.30. The van der Waals surface area contributed by atoms with Gasteiger partial charge in [-0.3, -0.25) is 0 Å². The average molecular weight is 363 g/mol. The lowest BCUT2D eigenvalue weighted by molar-refractivity contribution is -0.135. The molecule has 0 spiro atoms. The van der Waals surface area contributed by atoms with E-state index in [2.05, 4.69) is 10.1 Å². The minimum atomic E-state index is -0.672. The SMILES string of the molecule is CCOC(=O)/C(=N/OCCOC(=O)c1ccccc1)c1csc(N)n1. The van der Waals surface area contributed by atoms with Crippen LogP contribution in [0.3, 0.4) is 0 Å². The third-order valence-corrected chi connectivity index (χ3v) is 3.48. The first-order valence-electron chi connectivity index (χ1n) is 7.42. The van der Waals surface area contributed by atoms with E-state index in [9.17, 15) is 9.59 Å². The lowest BCUT2D eigenvalue weighted by Gasteiger charge is -2.05. The number of aromatic nitrogens is 1. The number of benzene rings is 1. The summed E-state index contributed by atoms with van der Waals surface area (Å²) in [4.78, 5) is 32.7. The van der Waals surface area contributed by atoms with Crippen LogP contribution >= 0.6 is 11.3 Å². The molecule has 2 aromatic rings. The monoisotopic (exact) mass is 363 g/mol. The van der Waals surface area contributed by atoms with Crippen molar-refractivity contribution >= 4 is 34.1 Å². The number of thiazole rings is 1. The number of hydrogen-bond acceptors (Lipinski definition) is 9. The average Bonchev–Trinajstić information content (AvgIpc) is 3.04. The fourth-order valence-electron chi connectivity index (χ4n) is 1.72. The van der Waals surface area contributed by atoms with Gasteiger partial charge in [0.15, 0.2) is 11.7 Å². The van der Waals surface area contributed by atoms with Gasteiger partial charge in [0.25, 0.3) is 0 Å². The number of esters is 2. The molecule has 2 N–H and O–H groups in total. The highest BCUT2D eigenvalue weighted by atomic mass is 32.1. The van der Waals surface area contributed by atoms with Crippen LogP contribution in [0.2, 0.25) is 0 Å². The molecule has 9 heteroatoms. The molecule has 0 unspecified atom stereocenters. The molecule has 0 saturated heterocycles. The number of nitrogens with two attached hydrogens (primary N) is 1. The zero-order valence-electron chi connectivity index (χ0n) is 13.5. The van der Waals surface area contributed by atoms with Crippen molar-refractivity contribution in [2.75, 3.05) is 25.6 Å². The molecule has 0 aliphatic rings. The predicted molar refractivity (Wildman–Crippen MR) is 92.4 cm³/mol. The van der Waals surface area contributed by atoms with Gasteiger partial charge >= 0.3 is 11.9 Å². The van der Waals surface area contributed by atoms with Crippen molar-refractivity contribution in [3.8, 4) is 0 Å². The summed E-state index contributed by atoms with van der Waals surface area (Å²) in [6, 6.07) is 8.57. The molecule has 2 rings (SSSR count). The standard InChI is InChI=1S/C16H17N3O5S/c1-2-22-15(21)13(12-10-25-16(17)18-12)19-24-9-8-23-14(20)11-6-4-3-5-7-11/h3-7,10H,2,8-9H2,1H3,(H2,17,18)/b19-13+. The van der Waals surface area contributed by atoms with Gasteiger partial charge in [0.05, 0.1) is 12.2 Å². The Morgan fingerprint density at radius 2 is 1.96 bits per heavy atom. The summed E-state index contributed by atoms with van der Waals surface area (Å²) in [5.41, 5.74) is 6.17. The molecule has 25 heavy (non-hydrogen) atoms. The van der Waals surface area contributed by atoms with E-state index < -0.39 is 11.9 Å². The van der Waals surface area contributed by atoms with Crippen LogP contribution in [0.15, 0.2) is 40.9 Å². The van der Waals surface area contributed by atoms with Crippen LogP contribution in [0.1, 0.15) is 23.0 Å². The summed E-state index contributed by atoms with van der Waals surface area (Å²) in [6.45, 7) is 1.81. The van der Waals surface area contributed by atoms with Crippen molar-refractivity contribution in [3.05, 3.63) is 47.0 Å². The maximum absolute atomic E-state index is 11.9. The van der Waals surface area contributed by atoms with E-state index in [4.69, 9.17) is 20.0 Å². The lowest BCUT2D eigenvalue weighted by Crippen LogP contribution is -2.20. The second-order valence-electron chi connectivity index (χ2n) is 4.57. The highest BCUT2D eigenvalue weighted by Crippen LogP contribution is 2.13. The maximum atomic E-state index is 11.9. The van der Waals surface area contributed by atoms with Crippen LogP contribution < -0.4 is 5.73 Å². The van der Waals surface area contributed by atoms with Crippen molar-refractivity contribution < 1.29 is 23.9 Å². The van der Waals surface area contributed by atoms with E-state index in [1.165, 1.54) is 11.3 Å². The normalized spacial score (nSPS) is 11.0. The van der Waals surface area contributed by atoms with E-state index >= 15 is 0 Å². The Hall–Kier alpha value is -2.94. The molecule has 0 amide bonds. The van der Waals surface area contributed by atoms with Crippen LogP contribution in [-0.2, 0) is 19.1 Å². The van der Waals surface area contributed by atoms with E-state index in [1.807, 2.05) is 0 Å². The number of rotatable bonds is 8. The highest BCUT2D eigenvalue weighted by Gasteiger charge is 2.19. The van der Waals surface area contributed by atoms with Gasteiger partial charge < -0.3 is 20.0 Å². The van der Waals surface area contributed by atoms with Crippen molar-refractivity contribution in [2.24, 2.45) is 5.16 Å². The van der Waals surface area contributed by atoms with Gasteiger partial charge in [-0.1, -0.05) is 23.4 Å². The van der Waals surface area contributed by atoms with Crippen LogP contribution in [-0.4, -0.2) is 42.5 Å². The molecule has 8 nitrogen and oxygen atoms in total. The first-order chi connectivity index (χ1) is 12.1. The number of nitrogen functional groups attached to an aromatic ring is 1. The second-order valence-corrected chi connectivity index (χ2v) is 5.46. The smallest absolute Gasteiger partial charge is 0.362 e. The van der Waals surface area contributed by atoms with Gasteiger partial charge in [0, 0.05) is 5.38 Å². The Labute approximate surface area is 148 Å². The molecule has 0 bridgehead atoms. The Kier molecular flexibility index (Phi) is 6.90. The minimum absolute atomic E-state index is 0.0213. The summed E-state index contributed by atoms with van der Waals surface area (Å²) in [5, 5.41) is 5.60. The van der Waals surface area contributed by atoms with Crippen molar-refractivity contribution in [2.45, 2.75) is 6.92 Å². The number of carbonyl (C=O) groups excluding carboxylic acids is 2. The van der Waals surface area contributed by atoms with Crippen molar-refractivity contribution in [1.29, 1.82) is 0 Å². The number of carbonyl (C=O) groups is 2. The summed E-state index contributed by atoms with van der Waals surface area (Å²) in [6.07, 6.45) is 0. The highest BCUT2D eigenvalue weighted by molar-refractivity contribution is 7.13. The maximum Gasteiger partial charge on any atom is 0.362 e. The molecule has 1 heterocycles. The first kappa shape index (κ1) is 18.4. The minimum Gasteiger partial charge on any atom is -0.461 e. The largest absolute Gasteiger partial charge is 0.461 e. The van der Waals surface area contributed by atoms with Gasteiger partial charge in [-0.2, -0.15) is 0 Å². The van der Waals surface area contributed by atoms with Crippen LogP contribution in [0, 0.1) is 0 Å². The molecule has 0 fully saturated rings. The second kappa shape index (κ2) is 9.38. The van der Waals surface area contributed by atoms with Gasteiger partial charge in [0.1, 0.15) is 12.3 Å². The molecular weight excluding hydrogens is 346 g/mol. The summed E-state index contributed by atoms with van der Waals surface area (Å²) >= 11 is 1.17. The Balaban J connectivity index is 1.88. The quantitative estimate of drug-likeness (QED) is 0.330.